The summed E-state index contributed by atoms with van der Waals surface area (Å²) in [5.41, 5.74) is 0.384. The third-order valence-corrected chi connectivity index (χ3v) is 5.44. The molecule has 2 rings (SSSR count). The monoisotopic (exact) mass is 411 g/mol. The maximum atomic E-state index is 12.6. The number of hydrogen-bond donors (Lipinski definition) is 1. The Morgan fingerprint density at radius 2 is 1.85 bits per heavy atom. The van der Waals surface area contributed by atoms with E-state index < -0.39 is 15.9 Å². The first-order valence-corrected chi connectivity index (χ1v) is 9.69. The molecule has 0 aromatic heterocycles. The number of rotatable bonds is 6. The van der Waals surface area contributed by atoms with Gasteiger partial charge in [0.05, 0.1) is 28.0 Å². The number of benzene rings is 2. The van der Waals surface area contributed by atoms with Crippen LogP contribution in [0.15, 0.2) is 47.4 Å². The van der Waals surface area contributed by atoms with E-state index in [9.17, 15) is 13.2 Å². The van der Waals surface area contributed by atoms with E-state index in [1.807, 2.05) is 6.07 Å². The van der Waals surface area contributed by atoms with Crippen molar-refractivity contribution in [3.63, 3.8) is 0 Å². The second kappa shape index (κ2) is 8.41. The minimum Gasteiger partial charge on any atom is -0.341 e. The van der Waals surface area contributed by atoms with Crippen LogP contribution in [0.1, 0.15) is 16.8 Å². The van der Waals surface area contributed by atoms with Gasteiger partial charge < -0.3 is 4.90 Å². The van der Waals surface area contributed by atoms with Crippen molar-refractivity contribution in [1.29, 1.82) is 5.26 Å². The summed E-state index contributed by atoms with van der Waals surface area (Å²) in [6.45, 7) is 0.214. The van der Waals surface area contributed by atoms with E-state index in [1.165, 1.54) is 42.3 Å². The quantitative estimate of drug-likeness (QED) is 0.782. The highest BCUT2D eigenvalue weighted by Gasteiger charge is 2.21. The smallest absolute Gasteiger partial charge is 0.261 e. The first-order valence-electron chi connectivity index (χ1n) is 7.45. The van der Waals surface area contributed by atoms with Gasteiger partial charge in [0, 0.05) is 24.3 Å². The molecule has 26 heavy (non-hydrogen) atoms. The molecule has 0 spiro atoms. The van der Waals surface area contributed by atoms with Gasteiger partial charge in [0.15, 0.2) is 0 Å². The largest absolute Gasteiger partial charge is 0.341 e. The molecule has 0 fully saturated rings. The number of sulfonamides is 1. The summed E-state index contributed by atoms with van der Waals surface area (Å²) in [4.78, 5) is 13.7. The van der Waals surface area contributed by atoms with E-state index in [0.29, 0.717) is 10.7 Å². The van der Waals surface area contributed by atoms with Crippen LogP contribution in [0.5, 0.6) is 0 Å². The van der Waals surface area contributed by atoms with Crippen molar-refractivity contribution in [3.8, 4) is 6.07 Å². The van der Waals surface area contributed by atoms with Crippen LogP contribution in [0.2, 0.25) is 10.0 Å². The summed E-state index contributed by atoms with van der Waals surface area (Å²) in [6.07, 6.45) is 0.163. The van der Waals surface area contributed by atoms with E-state index in [0.717, 1.165) is 0 Å². The predicted molar refractivity (Wildman–Crippen MR) is 101 cm³/mol. The Balaban J connectivity index is 2.31. The topological polar surface area (TPSA) is 90.3 Å². The molecular formula is C17H15Cl2N3O3S. The molecule has 136 valence electrons. The molecule has 0 unspecified atom stereocenters. The Morgan fingerprint density at radius 3 is 2.46 bits per heavy atom. The van der Waals surface area contributed by atoms with Gasteiger partial charge in [-0.3, -0.25) is 9.52 Å². The van der Waals surface area contributed by atoms with Crippen molar-refractivity contribution in [2.45, 2.75) is 11.3 Å². The molecule has 0 atom stereocenters. The van der Waals surface area contributed by atoms with Gasteiger partial charge in [-0.2, -0.15) is 5.26 Å². The van der Waals surface area contributed by atoms with Gasteiger partial charge in [-0.1, -0.05) is 23.2 Å². The first kappa shape index (κ1) is 20.0. The fourth-order valence-corrected chi connectivity index (χ4v) is 3.50. The van der Waals surface area contributed by atoms with Crippen molar-refractivity contribution in [3.05, 3.63) is 58.1 Å². The van der Waals surface area contributed by atoms with E-state index >= 15 is 0 Å². The Hall–Kier alpha value is -2.27. The van der Waals surface area contributed by atoms with Crippen molar-refractivity contribution in [2.24, 2.45) is 0 Å². The molecule has 0 aliphatic heterocycles. The summed E-state index contributed by atoms with van der Waals surface area (Å²) in [7, 11) is -2.40. The third kappa shape index (κ3) is 4.88. The Kier molecular flexibility index (Phi) is 6.48. The molecule has 0 radical (unpaired) electrons. The standard InChI is InChI=1S/C17H15Cl2N3O3S/c1-22(10-2-9-20)17(23)15-11-14(7-8-16(15)19)26(24,25)21-13-5-3-12(18)4-6-13/h3-8,11,21H,2,10H2,1H3. The second-order valence-electron chi connectivity index (χ2n) is 5.39. The first-order chi connectivity index (χ1) is 12.2. The molecule has 2 aromatic carbocycles. The number of carbonyl (C=O) groups is 1. The highest BCUT2D eigenvalue weighted by atomic mass is 35.5. The maximum absolute atomic E-state index is 12.6. The van der Waals surface area contributed by atoms with E-state index in [1.54, 1.807) is 12.1 Å². The molecule has 2 aromatic rings. The van der Waals surface area contributed by atoms with E-state index in [-0.39, 0.29) is 28.4 Å². The molecule has 0 bridgehead atoms. The minimum absolute atomic E-state index is 0.0473. The molecule has 0 aliphatic carbocycles. The predicted octanol–water partition coefficient (Wildman–Crippen LogP) is 3.78. The van der Waals surface area contributed by atoms with E-state index in [2.05, 4.69) is 4.72 Å². The number of nitriles is 1. The Labute approximate surface area is 162 Å². The van der Waals surface area contributed by atoms with Gasteiger partial charge >= 0.3 is 0 Å². The van der Waals surface area contributed by atoms with Crippen LogP contribution in [0, 0.1) is 11.3 Å². The maximum Gasteiger partial charge on any atom is 0.261 e. The fourth-order valence-electron chi connectivity index (χ4n) is 2.09. The second-order valence-corrected chi connectivity index (χ2v) is 7.91. The Morgan fingerprint density at radius 1 is 1.19 bits per heavy atom. The SMILES string of the molecule is CN(CCC#N)C(=O)c1cc(S(=O)(=O)Nc2ccc(Cl)cc2)ccc1Cl. The van der Waals surface area contributed by atoms with Crippen molar-refractivity contribution in [1.82, 2.24) is 4.90 Å². The zero-order valence-electron chi connectivity index (χ0n) is 13.7. The molecule has 1 amide bonds. The summed E-state index contributed by atoms with van der Waals surface area (Å²) in [6, 6.07) is 12.0. The average molecular weight is 412 g/mol. The molecule has 1 N–H and O–H groups in total. The highest BCUT2D eigenvalue weighted by molar-refractivity contribution is 7.92. The summed E-state index contributed by atoms with van der Waals surface area (Å²) in [5.74, 6) is -0.464. The number of nitrogens with zero attached hydrogens (tertiary/aromatic N) is 2. The van der Waals surface area contributed by atoms with Crippen LogP contribution >= 0.6 is 23.2 Å². The van der Waals surface area contributed by atoms with Gasteiger partial charge in [0.1, 0.15) is 0 Å². The zero-order chi connectivity index (χ0) is 19.3. The van der Waals surface area contributed by atoms with Gasteiger partial charge in [-0.25, -0.2) is 8.42 Å². The number of carbonyl (C=O) groups excluding carboxylic acids is 1. The van der Waals surface area contributed by atoms with Crippen LogP contribution in [0.3, 0.4) is 0 Å². The van der Waals surface area contributed by atoms with Gasteiger partial charge in [0.2, 0.25) is 0 Å². The zero-order valence-corrected chi connectivity index (χ0v) is 16.1. The lowest BCUT2D eigenvalue weighted by molar-refractivity contribution is 0.0798. The molecule has 6 nitrogen and oxygen atoms in total. The lowest BCUT2D eigenvalue weighted by Gasteiger charge is -2.17. The van der Waals surface area contributed by atoms with Gasteiger partial charge in [-0.15, -0.1) is 0 Å². The van der Waals surface area contributed by atoms with Gasteiger partial charge in [0.25, 0.3) is 15.9 Å². The minimum atomic E-state index is -3.92. The molecule has 0 saturated carbocycles. The highest BCUT2D eigenvalue weighted by Crippen LogP contribution is 2.24. The third-order valence-electron chi connectivity index (χ3n) is 3.48. The van der Waals surface area contributed by atoms with Gasteiger partial charge in [-0.05, 0) is 42.5 Å². The van der Waals surface area contributed by atoms with Crippen LogP contribution in [-0.2, 0) is 10.0 Å². The lowest BCUT2D eigenvalue weighted by atomic mass is 10.2. The molecule has 9 heteroatoms. The van der Waals surface area contributed by atoms with Crippen LogP contribution < -0.4 is 4.72 Å². The number of anilines is 1. The van der Waals surface area contributed by atoms with Crippen molar-refractivity contribution >= 4 is 44.8 Å². The summed E-state index contributed by atoms with van der Waals surface area (Å²) < 4.78 is 27.5. The molecule has 0 heterocycles. The summed E-state index contributed by atoms with van der Waals surface area (Å²) in [5, 5.41) is 9.23. The van der Waals surface area contributed by atoms with Crippen molar-refractivity contribution in [2.75, 3.05) is 18.3 Å². The van der Waals surface area contributed by atoms with Crippen LogP contribution in [0.25, 0.3) is 0 Å². The average Bonchev–Trinajstić information content (AvgIpc) is 2.61. The molecule has 0 aliphatic rings. The summed E-state index contributed by atoms with van der Waals surface area (Å²) >= 11 is 11.8. The lowest BCUT2D eigenvalue weighted by Crippen LogP contribution is -2.28. The number of hydrogen-bond acceptors (Lipinski definition) is 4. The molecular weight excluding hydrogens is 397 g/mol. The fraction of sp³-hybridized carbons (Fsp3) is 0.176. The van der Waals surface area contributed by atoms with Crippen molar-refractivity contribution < 1.29 is 13.2 Å². The molecule has 0 saturated heterocycles. The number of amides is 1. The Bertz CT molecular complexity index is 954. The van der Waals surface area contributed by atoms with Crippen LogP contribution in [-0.4, -0.2) is 32.8 Å². The normalized spacial score (nSPS) is 10.8. The number of nitrogens with one attached hydrogen (secondary N) is 1. The van der Waals surface area contributed by atoms with Crippen LogP contribution in [0.4, 0.5) is 5.69 Å². The van der Waals surface area contributed by atoms with E-state index in [4.69, 9.17) is 28.5 Å². The number of halogens is 2.